The van der Waals surface area contributed by atoms with Gasteiger partial charge in [-0.05, 0) is 59.6 Å². The van der Waals surface area contributed by atoms with Crippen molar-refractivity contribution in [1.82, 2.24) is 0 Å². The van der Waals surface area contributed by atoms with E-state index in [1.165, 1.54) is 24.8 Å². The Kier molecular flexibility index (Phi) is 9.60. The number of ether oxygens (including phenoxy) is 1. The molecule has 0 heterocycles. The molecule has 3 rings (SSSR count). The highest BCUT2D eigenvalue weighted by Crippen LogP contribution is 2.29. The highest BCUT2D eigenvalue weighted by Gasteiger charge is 2.09. The largest absolute Gasteiger partial charge is 0.462 e. The summed E-state index contributed by atoms with van der Waals surface area (Å²) in [4.78, 5) is 11.6. The predicted octanol–water partition coefficient (Wildman–Crippen LogP) is 6.88. The minimum atomic E-state index is -0.445. The van der Waals surface area contributed by atoms with Crippen molar-refractivity contribution in [1.29, 1.82) is 0 Å². The van der Waals surface area contributed by atoms with E-state index in [4.69, 9.17) is 10.5 Å². The maximum Gasteiger partial charge on any atom is 0.334 e. The summed E-state index contributed by atoms with van der Waals surface area (Å²) in [6, 6.07) is 21.7. The Morgan fingerprint density at radius 2 is 1.44 bits per heavy atom. The van der Waals surface area contributed by atoms with Gasteiger partial charge in [-0.2, -0.15) is 0 Å². The van der Waals surface area contributed by atoms with Gasteiger partial charge >= 0.3 is 5.97 Å². The van der Waals surface area contributed by atoms with Crippen LogP contribution < -0.4 is 5.73 Å². The fourth-order valence-electron chi connectivity index (χ4n) is 3.85. The first-order valence-electron chi connectivity index (χ1n) is 12.0. The maximum atomic E-state index is 15.0. The van der Waals surface area contributed by atoms with Crippen LogP contribution in [-0.4, -0.2) is 19.1 Å². The Hall–Kier alpha value is -3.24. The molecular formula is C30H34FNO2. The number of aryl methyl sites for hydroxylation is 2. The van der Waals surface area contributed by atoms with E-state index in [2.05, 4.69) is 37.8 Å². The normalized spacial score (nSPS) is 10.8. The Morgan fingerprint density at radius 1 is 0.853 bits per heavy atom. The summed E-state index contributed by atoms with van der Waals surface area (Å²) >= 11 is 0. The van der Waals surface area contributed by atoms with Crippen molar-refractivity contribution >= 4 is 5.97 Å². The number of hydrogen-bond acceptors (Lipinski definition) is 3. The van der Waals surface area contributed by atoms with E-state index in [0.29, 0.717) is 18.6 Å². The van der Waals surface area contributed by atoms with Crippen LogP contribution in [0.15, 0.2) is 78.9 Å². The van der Waals surface area contributed by atoms with Crippen molar-refractivity contribution in [3.63, 3.8) is 0 Å². The van der Waals surface area contributed by atoms with E-state index in [-0.39, 0.29) is 17.9 Å². The predicted molar refractivity (Wildman–Crippen MR) is 138 cm³/mol. The number of halogens is 1. The van der Waals surface area contributed by atoms with Crippen molar-refractivity contribution in [3.8, 4) is 22.3 Å². The molecule has 2 N–H and O–H groups in total. The topological polar surface area (TPSA) is 52.3 Å². The number of nitrogens with two attached hydrogens (primary N) is 1. The van der Waals surface area contributed by atoms with Gasteiger partial charge in [0.2, 0.25) is 0 Å². The molecule has 0 aliphatic heterocycles. The van der Waals surface area contributed by atoms with Crippen LogP contribution in [0.3, 0.4) is 0 Å². The Balaban J connectivity index is 1.58. The number of unbranched alkanes of at least 4 members (excludes halogenated alkanes) is 2. The summed E-state index contributed by atoms with van der Waals surface area (Å²) in [5, 5.41) is 0. The zero-order valence-electron chi connectivity index (χ0n) is 20.0. The number of esters is 1. The van der Waals surface area contributed by atoms with Crippen LogP contribution in [0.4, 0.5) is 4.39 Å². The standard InChI is InChI=1S/C30H34FNO2/c1-3-4-5-7-23-9-13-25(14-10-23)27-17-18-28(29(31)20-27)26-15-11-24(12-16-26)8-6-19-34-30(33)22(2)21-32/h9-18,20H,2-8,19,21,32H2,1H3. The van der Waals surface area contributed by atoms with E-state index >= 15 is 0 Å². The lowest BCUT2D eigenvalue weighted by Gasteiger charge is -2.09. The molecule has 0 saturated carbocycles. The molecular weight excluding hydrogens is 425 g/mol. The molecule has 34 heavy (non-hydrogen) atoms. The van der Waals surface area contributed by atoms with Gasteiger partial charge in [-0.1, -0.05) is 87.0 Å². The number of carbonyl (C=O) groups is 1. The van der Waals surface area contributed by atoms with Gasteiger partial charge in [-0.15, -0.1) is 0 Å². The minimum absolute atomic E-state index is 0.100. The van der Waals surface area contributed by atoms with Gasteiger partial charge in [0, 0.05) is 17.7 Å². The second-order valence-corrected chi connectivity index (χ2v) is 8.59. The molecule has 0 aromatic heterocycles. The Bertz CT molecular complexity index is 1090. The van der Waals surface area contributed by atoms with Crippen LogP contribution in [0, 0.1) is 5.82 Å². The summed E-state index contributed by atoms with van der Waals surface area (Å²) in [5.74, 6) is -0.677. The van der Waals surface area contributed by atoms with Crippen LogP contribution in [-0.2, 0) is 22.4 Å². The molecule has 3 aromatic rings. The van der Waals surface area contributed by atoms with Crippen LogP contribution >= 0.6 is 0 Å². The monoisotopic (exact) mass is 459 g/mol. The van der Waals surface area contributed by atoms with Gasteiger partial charge in [0.15, 0.2) is 0 Å². The van der Waals surface area contributed by atoms with Gasteiger partial charge in [0.1, 0.15) is 5.82 Å². The van der Waals surface area contributed by atoms with E-state index in [0.717, 1.165) is 35.1 Å². The Labute approximate surface area is 202 Å². The lowest BCUT2D eigenvalue weighted by molar-refractivity contribution is -0.139. The van der Waals surface area contributed by atoms with Gasteiger partial charge in [-0.25, -0.2) is 9.18 Å². The first-order chi connectivity index (χ1) is 16.5. The number of benzene rings is 3. The van der Waals surface area contributed by atoms with Crippen LogP contribution in [0.1, 0.15) is 43.7 Å². The summed E-state index contributed by atoms with van der Waals surface area (Å²) < 4.78 is 20.1. The fraction of sp³-hybridized carbons (Fsp3) is 0.300. The molecule has 0 unspecified atom stereocenters. The van der Waals surface area contributed by atoms with Crippen molar-refractivity contribution < 1.29 is 13.9 Å². The molecule has 3 aromatic carbocycles. The molecule has 0 radical (unpaired) electrons. The average molecular weight is 460 g/mol. The zero-order chi connectivity index (χ0) is 24.3. The molecule has 0 spiro atoms. The molecule has 0 aliphatic rings. The van der Waals surface area contributed by atoms with E-state index in [9.17, 15) is 9.18 Å². The van der Waals surface area contributed by atoms with Crippen molar-refractivity contribution in [3.05, 3.63) is 95.8 Å². The Morgan fingerprint density at radius 3 is 2.03 bits per heavy atom. The van der Waals surface area contributed by atoms with E-state index in [1.807, 2.05) is 36.4 Å². The van der Waals surface area contributed by atoms with Crippen molar-refractivity contribution in [2.75, 3.05) is 13.2 Å². The molecule has 0 bridgehead atoms. The van der Waals surface area contributed by atoms with E-state index in [1.54, 1.807) is 6.07 Å². The fourth-order valence-corrected chi connectivity index (χ4v) is 3.85. The number of rotatable bonds is 12. The zero-order valence-corrected chi connectivity index (χ0v) is 20.0. The SMILES string of the molecule is C=C(CN)C(=O)OCCCc1ccc(-c2ccc(-c3ccc(CCCCC)cc3)cc2F)cc1. The first kappa shape index (κ1) is 25.4. The smallest absolute Gasteiger partial charge is 0.334 e. The lowest BCUT2D eigenvalue weighted by atomic mass is 9.97. The maximum absolute atomic E-state index is 15.0. The first-order valence-corrected chi connectivity index (χ1v) is 12.0. The highest BCUT2D eigenvalue weighted by molar-refractivity contribution is 5.88. The van der Waals surface area contributed by atoms with Gasteiger partial charge < -0.3 is 10.5 Å². The van der Waals surface area contributed by atoms with Crippen molar-refractivity contribution in [2.24, 2.45) is 5.73 Å². The summed E-state index contributed by atoms with van der Waals surface area (Å²) in [7, 11) is 0. The molecule has 4 heteroatoms. The van der Waals surface area contributed by atoms with Crippen LogP contribution in [0.5, 0.6) is 0 Å². The molecule has 0 atom stereocenters. The second-order valence-electron chi connectivity index (χ2n) is 8.59. The van der Waals surface area contributed by atoms with Crippen LogP contribution in [0.2, 0.25) is 0 Å². The van der Waals surface area contributed by atoms with Crippen molar-refractivity contribution in [2.45, 2.75) is 45.4 Å². The molecule has 0 fully saturated rings. The average Bonchev–Trinajstić information content (AvgIpc) is 2.87. The third-order valence-corrected chi connectivity index (χ3v) is 5.97. The molecule has 0 aliphatic carbocycles. The summed E-state index contributed by atoms with van der Waals surface area (Å²) in [6.07, 6.45) is 6.22. The molecule has 0 saturated heterocycles. The molecule has 0 amide bonds. The minimum Gasteiger partial charge on any atom is -0.462 e. The number of hydrogen-bond donors (Lipinski definition) is 1. The van der Waals surface area contributed by atoms with E-state index < -0.39 is 5.97 Å². The van der Waals surface area contributed by atoms with Gasteiger partial charge in [-0.3, -0.25) is 0 Å². The summed E-state index contributed by atoms with van der Waals surface area (Å²) in [5.41, 5.74) is 11.4. The molecule has 3 nitrogen and oxygen atoms in total. The lowest BCUT2D eigenvalue weighted by Crippen LogP contribution is -2.15. The van der Waals surface area contributed by atoms with Crippen LogP contribution in [0.25, 0.3) is 22.3 Å². The number of carbonyl (C=O) groups excluding carboxylic acids is 1. The van der Waals surface area contributed by atoms with Gasteiger partial charge in [0.25, 0.3) is 0 Å². The third-order valence-electron chi connectivity index (χ3n) is 5.97. The second kappa shape index (κ2) is 12.9. The third kappa shape index (κ3) is 7.13. The summed E-state index contributed by atoms with van der Waals surface area (Å²) in [6.45, 7) is 6.19. The molecule has 178 valence electrons. The highest BCUT2D eigenvalue weighted by atomic mass is 19.1. The quantitative estimate of drug-likeness (QED) is 0.182. The van der Waals surface area contributed by atoms with Gasteiger partial charge in [0.05, 0.1) is 6.61 Å².